The fourth-order valence-corrected chi connectivity index (χ4v) is 5.52. The van der Waals surface area contributed by atoms with E-state index in [1.807, 2.05) is 0 Å². The monoisotopic (exact) mass is 577 g/mol. The fraction of sp³-hybridized carbons (Fsp3) is 0.593. The zero-order chi connectivity index (χ0) is 30.0. The minimum atomic E-state index is -1.04. The van der Waals surface area contributed by atoms with Crippen molar-refractivity contribution < 1.29 is 37.8 Å². The number of aromatic nitrogens is 2. The number of carbonyl (C=O) groups excluding carboxylic acids is 1. The lowest BCUT2D eigenvalue weighted by Crippen LogP contribution is -2.40. The summed E-state index contributed by atoms with van der Waals surface area (Å²) in [5, 5.41) is 26.1. The number of halogens is 2. The Bertz CT molecular complexity index is 1380. The van der Waals surface area contributed by atoms with Gasteiger partial charge in [0.2, 0.25) is 11.6 Å². The lowest BCUT2D eigenvalue weighted by Gasteiger charge is -2.28. The van der Waals surface area contributed by atoms with E-state index in [0.29, 0.717) is 12.0 Å². The summed E-state index contributed by atoms with van der Waals surface area (Å²) >= 11 is 0. The van der Waals surface area contributed by atoms with Crippen LogP contribution in [0.25, 0.3) is 0 Å². The molecule has 2 saturated carbocycles. The van der Waals surface area contributed by atoms with E-state index < -0.39 is 76.0 Å². The number of ether oxygens (including phenoxy) is 3. The van der Waals surface area contributed by atoms with Gasteiger partial charge in [0.25, 0.3) is 0 Å². The standard InChI is InChI=1S/C27H33F2N5O7/c1-12-30-23(32-17-11-19(35)22-21(17)39-27(5,6)40-22)20(34(37)38)24(31-12)33(25(36)41-26(2,3)4)18-10-14(18)13-7-8-15(28)16(29)9-13/h7-9,14,17-19,21-22,35H,10-11H2,1-6H3,(H,30,31,32)/t14-,17+,18+,19-,21-,22+/m0/s1. The first-order valence-electron chi connectivity index (χ1n) is 13.3. The lowest BCUT2D eigenvalue weighted by molar-refractivity contribution is -0.383. The van der Waals surface area contributed by atoms with Crippen molar-refractivity contribution >= 4 is 23.4 Å². The highest BCUT2D eigenvalue weighted by Crippen LogP contribution is 2.49. The van der Waals surface area contributed by atoms with Gasteiger partial charge >= 0.3 is 11.8 Å². The highest BCUT2D eigenvalue weighted by Gasteiger charge is 2.55. The minimum absolute atomic E-state index is 0.130. The van der Waals surface area contributed by atoms with Gasteiger partial charge in [-0.3, -0.25) is 15.0 Å². The second kappa shape index (κ2) is 10.1. The van der Waals surface area contributed by atoms with Crippen LogP contribution in [0.5, 0.6) is 0 Å². The van der Waals surface area contributed by atoms with Gasteiger partial charge in [0, 0.05) is 12.0 Å². The first-order valence-corrected chi connectivity index (χ1v) is 13.3. The third kappa shape index (κ3) is 5.81. The maximum Gasteiger partial charge on any atom is 0.416 e. The molecule has 0 unspecified atom stereocenters. The van der Waals surface area contributed by atoms with Crippen molar-refractivity contribution in [3.63, 3.8) is 0 Å². The van der Waals surface area contributed by atoms with E-state index >= 15 is 0 Å². The molecule has 6 atom stereocenters. The Kier molecular flexibility index (Phi) is 7.15. The molecule has 1 saturated heterocycles. The Hall–Kier alpha value is -3.49. The van der Waals surface area contributed by atoms with Gasteiger partial charge in [0.05, 0.1) is 17.1 Å². The molecule has 2 aromatic rings. The predicted octanol–water partition coefficient (Wildman–Crippen LogP) is 4.33. The Balaban J connectivity index is 1.54. The Morgan fingerprint density at radius 1 is 1.20 bits per heavy atom. The van der Waals surface area contributed by atoms with Crippen molar-refractivity contribution in [2.45, 2.75) is 102 Å². The molecule has 1 aliphatic heterocycles. The van der Waals surface area contributed by atoms with Crippen molar-refractivity contribution in [3.8, 4) is 0 Å². The third-order valence-corrected chi connectivity index (χ3v) is 7.20. The highest BCUT2D eigenvalue weighted by molar-refractivity contribution is 5.93. The second-order valence-corrected chi connectivity index (χ2v) is 12.1. The van der Waals surface area contributed by atoms with Crippen LogP contribution in [0.15, 0.2) is 18.2 Å². The van der Waals surface area contributed by atoms with Crippen molar-refractivity contribution in [1.82, 2.24) is 9.97 Å². The van der Waals surface area contributed by atoms with Crippen LogP contribution in [0.1, 0.15) is 64.8 Å². The average molecular weight is 578 g/mol. The van der Waals surface area contributed by atoms with Crippen LogP contribution in [-0.2, 0) is 14.2 Å². The van der Waals surface area contributed by atoms with E-state index in [1.54, 1.807) is 34.6 Å². The van der Waals surface area contributed by atoms with E-state index in [2.05, 4.69) is 15.3 Å². The molecule has 0 spiro atoms. The molecule has 1 aromatic heterocycles. The Labute approximate surface area is 235 Å². The van der Waals surface area contributed by atoms with E-state index in [9.17, 15) is 28.8 Å². The quantitative estimate of drug-likeness (QED) is 0.375. The molecule has 1 aromatic carbocycles. The molecule has 2 aliphatic carbocycles. The summed E-state index contributed by atoms with van der Waals surface area (Å²) in [6.45, 7) is 9.91. The van der Waals surface area contributed by atoms with Crippen LogP contribution in [0.4, 0.5) is 30.9 Å². The summed E-state index contributed by atoms with van der Waals surface area (Å²) in [5.41, 5.74) is -1.09. The fourth-order valence-electron chi connectivity index (χ4n) is 5.52. The second-order valence-electron chi connectivity index (χ2n) is 12.1. The predicted molar refractivity (Wildman–Crippen MR) is 141 cm³/mol. The summed E-state index contributed by atoms with van der Waals surface area (Å²) in [5.74, 6) is -3.77. The third-order valence-electron chi connectivity index (χ3n) is 7.20. The number of rotatable bonds is 6. The lowest BCUT2D eigenvalue weighted by atomic mass is 10.1. The number of anilines is 2. The molecule has 2 heterocycles. The van der Waals surface area contributed by atoms with Gasteiger partial charge in [-0.25, -0.2) is 23.5 Å². The number of benzene rings is 1. The van der Waals surface area contributed by atoms with Crippen LogP contribution in [0.2, 0.25) is 0 Å². The van der Waals surface area contributed by atoms with E-state index in [-0.39, 0.29) is 23.9 Å². The molecule has 2 N–H and O–H groups in total. The summed E-state index contributed by atoms with van der Waals surface area (Å²) in [6.07, 6.45) is -2.51. The summed E-state index contributed by atoms with van der Waals surface area (Å²) < 4.78 is 44.9. The molecule has 0 radical (unpaired) electrons. The molecular formula is C27H33F2N5O7. The van der Waals surface area contributed by atoms with Crippen molar-refractivity contribution in [2.24, 2.45) is 0 Å². The molecule has 3 fully saturated rings. The molecule has 14 heteroatoms. The van der Waals surface area contributed by atoms with E-state index in [0.717, 1.165) is 17.0 Å². The van der Waals surface area contributed by atoms with Gasteiger partial charge in [-0.2, -0.15) is 0 Å². The van der Waals surface area contributed by atoms with Gasteiger partial charge in [-0.15, -0.1) is 0 Å². The first kappa shape index (κ1) is 29.0. The molecule has 0 bridgehead atoms. The van der Waals surface area contributed by atoms with Crippen LogP contribution in [0.3, 0.4) is 0 Å². The molecule has 222 valence electrons. The summed E-state index contributed by atoms with van der Waals surface area (Å²) in [4.78, 5) is 35.0. The van der Waals surface area contributed by atoms with Gasteiger partial charge in [0.15, 0.2) is 17.4 Å². The van der Waals surface area contributed by atoms with Crippen LogP contribution in [0, 0.1) is 28.7 Å². The normalized spacial score (nSPS) is 28.2. The van der Waals surface area contributed by atoms with Crippen LogP contribution >= 0.6 is 0 Å². The molecule has 1 amide bonds. The number of aliphatic hydroxyl groups excluding tert-OH is 1. The van der Waals surface area contributed by atoms with Crippen LogP contribution < -0.4 is 10.2 Å². The van der Waals surface area contributed by atoms with Crippen molar-refractivity contribution in [2.75, 3.05) is 10.2 Å². The topological polar surface area (TPSA) is 149 Å². The molecule has 5 rings (SSSR count). The SMILES string of the molecule is Cc1nc(N[C@@H]2C[C@H](O)[C@H]3OC(C)(C)O[C@H]32)c([N+](=O)[O-])c(N(C(=O)OC(C)(C)C)[C@@H]2C[C@H]2c2ccc(F)c(F)c2)n1. The van der Waals surface area contributed by atoms with Crippen LogP contribution in [-0.4, -0.2) is 67.9 Å². The van der Waals surface area contributed by atoms with Gasteiger partial charge in [-0.05, 0) is 72.1 Å². The Morgan fingerprint density at radius 2 is 1.88 bits per heavy atom. The Morgan fingerprint density at radius 3 is 2.51 bits per heavy atom. The van der Waals surface area contributed by atoms with Gasteiger partial charge < -0.3 is 24.6 Å². The average Bonchev–Trinajstić information content (AvgIpc) is 3.46. The van der Waals surface area contributed by atoms with E-state index in [1.165, 1.54) is 13.0 Å². The first-order chi connectivity index (χ1) is 19.0. The number of fused-ring (bicyclic) bond motifs is 1. The molecular weight excluding hydrogens is 544 g/mol. The molecule has 3 aliphatic rings. The van der Waals surface area contributed by atoms with E-state index in [4.69, 9.17) is 14.2 Å². The zero-order valence-electron chi connectivity index (χ0n) is 23.6. The number of hydrogen-bond acceptors (Lipinski definition) is 10. The minimum Gasteiger partial charge on any atom is -0.443 e. The number of nitrogens with one attached hydrogen (secondary N) is 1. The largest absolute Gasteiger partial charge is 0.443 e. The number of aryl methyl sites for hydroxylation is 1. The number of hydrogen-bond donors (Lipinski definition) is 2. The summed E-state index contributed by atoms with van der Waals surface area (Å²) in [7, 11) is 0. The number of amides is 1. The van der Waals surface area contributed by atoms with Crippen molar-refractivity contribution in [1.29, 1.82) is 0 Å². The smallest absolute Gasteiger partial charge is 0.416 e. The number of nitrogens with zero attached hydrogens (tertiary/aromatic N) is 4. The molecule has 41 heavy (non-hydrogen) atoms. The summed E-state index contributed by atoms with van der Waals surface area (Å²) in [6, 6.07) is 2.18. The number of nitro groups is 1. The van der Waals surface area contributed by atoms with Crippen molar-refractivity contribution in [3.05, 3.63) is 51.3 Å². The number of aliphatic hydroxyl groups is 1. The van der Waals surface area contributed by atoms with Gasteiger partial charge in [0.1, 0.15) is 23.6 Å². The van der Waals surface area contributed by atoms with Gasteiger partial charge in [-0.1, -0.05) is 6.07 Å². The maximum absolute atomic E-state index is 14.0. The molecule has 12 nitrogen and oxygen atoms in total. The zero-order valence-corrected chi connectivity index (χ0v) is 23.6. The number of carbonyl (C=O) groups is 1. The highest BCUT2D eigenvalue weighted by atomic mass is 19.2. The maximum atomic E-state index is 14.0.